The number of hydrogen-bond donors (Lipinski definition) is 2. The van der Waals surface area contributed by atoms with Crippen molar-refractivity contribution in [3.8, 4) is 11.5 Å². The van der Waals surface area contributed by atoms with Crippen molar-refractivity contribution in [3.63, 3.8) is 0 Å². The molecule has 3 N–H and O–H groups in total. The average molecular weight is 331 g/mol. The number of rotatable bonds is 7. The molecule has 0 bridgehead atoms. The highest BCUT2D eigenvalue weighted by atomic mass is 16.6. The van der Waals surface area contributed by atoms with Gasteiger partial charge < -0.3 is 15.6 Å². The van der Waals surface area contributed by atoms with Crippen LogP contribution in [0.3, 0.4) is 0 Å². The third kappa shape index (κ3) is 3.78. The minimum absolute atomic E-state index is 0.0273. The minimum atomic E-state index is -1.14. The Morgan fingerprint density at radius 3 is 2.79 bits per heavy atom. The van der Waals surface area contributed by atoms with E-state index < -0.39 is 10.9 Å². The summed E-state index contributed by atoms with van der Waals surface area (Å²) < 4.78 is 5.68. The molecule has 0 spiro atoms. The van der Waals surface area contributed by atoms with Crippen LogP contribution in [0, 0.1) is 10.1 Å². The van der Waals surface area contributed by atoms with Crippen LogP contribution in [0.5, 0.6) is 11.5 Å². The number of aromatic nitrogens is 1. The van der Waals surface area contributed by atoms with E-state index in [9.17, 15) is 20.0 Å². The Kier molecular flexibility index (Phi) is 5.31. The molecule has 0 saturated carbocycles. The number of anilines is 1. The smallest absolute Gasteiger partial charge is 0.354 e. The average Bonchev–Trinajstić information content (AvgIpc) is 2.54. The summed E-state index contributed by atoms with van der Waals surface area (Å²) in [6, 6.07) is 5.62. The van der Waals surface area contributed by atoms with Crippen LogP contribution >= 0.6 is 0 Å². The summed E-state index contributed by atoms with van der Waals surface area (Å²) in [6.45, 7) is 1.99. The fourth-order valence-corrected chi connectivity index (χ4v) is 2.22. The molecule has 1 aromatic heterocycles. The number of unbranched alkanes of at least 4 members (excludes halogenated alkanes) is 1. The fourth-order valence-electron chi connectivity index (χ4n) is 2.22. The molecule has 24 heavy (non-hydrogen) atoms. The van der Waals surface area contributed by atoms with Gasteiger partial charge in [0.05, 0.1) is 11.0 Å². The molecule has 1 aromatic carbocycles. The van der Waals surface area contributed by atoms with E-state index in [4.69, 9.17) is 10.5 Å². The number of aromatic carboxylic acids is 1. The largest absolute Gasteiger partial charge is 0.477 e. The van der Waals surface area contributed by atoms with Gasteiger partial charge in [0.2, 0.25) is 0 Å². The SMILES string of the molecule is CCCCc1c(Oc2ccc(N)c([N+](=O)[O-])c2)ccnc1C(=O)O. The first-order valence-corrected chi connectivity index (χ1v) is 7.37. The highest BCUT2D eigenvalue weighted by Crippen LogP contribution is 2.32. The molecule has 2 aromatic rings. The van der Waals surface area contributed by atoms with E-state index in [2.05, 4.69) is 4.98 Å². The van der Waals surface area contributed by atoms with E-state index in [1.54, 1.807) is 6.07 Å². The topological polar surface area (TPSA) is 129 Å². The van der Waals surface area contributed by atoms with Gasteiger partial charge in [-0.05, 0) is 31.0 Å². The van der Waals surface area contributed by atoms with E-state index >= 15 is 0 Å². The van der Waals surface area contributed by atoms with Crippen LogP contribution in [-0.2, 0) is 6.42 Å². The summed E-state index contributed by atoms with van der Waals surface area (Å²) in [7, 11) is 0. The zero-order chi connectivity index (χ0) is 17.7. The first-order chi connectivity index (χ1) is 11.4. The van der Waals surface area contributed by atoms with Gasteiger partial charge in [0.15, 0.2) is 5.69 Å². The summed E-state index contributed by atoms with van der Waals surface area (Å²) in [4.78, 5) is 25.6. The Labute approximate surface area is 138 Å². The van der Waals surface area contributed by atoms with Crippen LogP contribution < -0.4 is 10.5 Å². The second-order valence-corrected chi connectivity index (χ2v) is 5.12. The first kappa shape index (κ1) is 17.2. The van der Waals surface area contributed by atoms with Crippen molar-refractivity contribution in [1.29, 1.82) is 0 Å². The number of nitro groups is 1. The summed E-state index contributed by atoms with van der Waals surface area (Å²) in [5, 5.41) is 20.2. The van der Waals surface area contributed by atoms with Crippen molar-refractivity contribution in [2.75, 3.05) is 5.73 Å². The molecule has 0 saturated heterocycles. The molecule has 0 fully saturated rings. The highest BCUT2D eigenvalue weighted by molar-refractivity contribution is 5.87. The van der Waals surface area contributed by atoms with Crippen molar-refractivity contribution >= 4 is 17.3 Å². The zero-order valence-electron chi connectivity index (χ0n) is 13.1. The van der Waals surface area contributed by atoms with Gasteiger partial charge in [-0.3, -0.25) is 10.1 Å². The predicted octanol–water partition coefficient (Wildman–Crippen LogP) is 3.41. The Bertz CT molecular complexity index is 776. The van der Waals surface area contributed by atoms with Crippen molar-refractivity contribution in [3.05, 3.63) is 51.8 Å². The van der Waals surface area contributed by atoms with E-state index in [1.165, 1.54) is 24.4 Å². The first-order valence-electron chi connectivity index (χ1n) is 7.37. The van der Waals surface area contributed by atoms with Gasteiger partial charge in [0.1, 0.15) is 17.2 Å². The van der Waals surface area contributed by atoms with E-state index in [-0.39, 0.29) is 22.8 Å². The standard InChI is InChI=1S/C16H17N3O5/c1-2-3-4-11-14(7-8-18-15(11)16(20)21)24-10-5-6-12(17)13(9-10)19(22)23/h5-9H,2-4,17H2,1H3,(H,20,21). The summed E-state index contributed by atoms with van der Waals surface area (Å²) in [5.41, 5.74) is 5.70. The third-order valence-electron chi connectivity index (χ3n) is 3.42. The summed E-state index contributed by atoms with van der Waals surface area (Å²) in [5.74, 6) is -0.624. The molecule has 0 aliphatic carbocycles. The molecule has 0 atom stereocenters. The quantitative estimate of drug-likeness (QED) is 0.452. The lowest BCUT2D eigenvalue weighted by Gasteiger charge is -2.13. The zero-order valence-corrected chi connectivity index (χ0v) is 13.1. The molecule has 2 rings (SSSR count). The Morgan fingerprint density at radius 1 is 1.42 bits per heavy atom. The molecule has 8 heteroatoms. The van der Waals surface area contributed by atoms with Crippen LogP contribution in [0.1, 0.15) is 35.8 Å². The second-order valence-electron chi connectivity index (χ2n) is 5.12. The molecule has 0 unspecified atom stereocenters. The molecular formula is C16H17N3O5. The number of nitrogen functional groups attached to an aromatic ring is 1. The molecule has 0 aliphatic rings. The number of nitrogens with two attached hydrogens (primary N) is 1. The van der Waals surface area contributed by atoms with Gasteiger partial charge in [-0.25, -0.2) is 9.78 Å². The van der Waals surface area contributed by atoms with Gasteiger partial charge in [0.25, 0.3) is 5.69 Å². The maximum atomic E-state index is 11.4. The van der Waals surface area contributed by atoms with E-state index in [1.807, 2.05) is 6.92 Å². The van der Waals surface area contributed by atoms with Crippen molar-refractivity contribution in [2.24, 2.45) is 0 Å². The Morgan fingerprint density at radius 2 is 2.17 bits per heavy atom. The number of benzene rings is 1. The van der Waals surface area contributed by atoms with E-state index in [0.717, 1.165) is 12.8 Å². The normalized spacial score (nSPS) is 10.4. The van der Waals surface area contributed by atoms with Crippen molar-refractivity contribution in [1.82, 2.24) is 4.98 Å². The Balaban J connectivity index is 2.42. The van der Waals surface area contributed by atoms with Crippen molar-refractivity contribution < 1.29 is 19.6 Å². The van der Waals surface area contributed by atoms with Crippen LogP contribution in [0.15, 0.2) is 30.5 Å². The number of hydrogen-bond acceptors (Lipinski definition) is 6. The highest BCUT2D eigenvalue weighted by Gasteiger charge is 2.18. The lowest BCUT2D eigenvalue weighted by Crippen LogP contribution is -2.07. The monoisotopic (exact) mass is 331 g/mol. The number of carboxylic acids is 1. The number of nitrogens with zero attached hydrogens (tertiary/aromatic N) is 2. The van der Waals surface area contributed by atoms with Gasteiger partial charge in [0, 0.05) is 11.8 Å². The number of carbonyl (C=O) groups is 1. The van der Waals surface area contributed by atoms with E-state index in [0.29, 0.717) is 17.7 Å². The molecule has 0 aliphatic heterocycles. The molecule has 0 amide bonds. The predicted molar refractivity (Wildman–Crippen MR) is 87.4 cm³/mol. The molecule has 126 valence electrons. The fraction of sp³-hybridized carbons (Fsp3) is 0.250. The van der Waals surface area contributed by atoms with Crippen LogP contribution in [0.2, 0.25) is 0 Å². The summed E-state index contributed by atoms with van der Waals surface area (Å²) >= 11 is 0. The number of ether oxygens (including phenoxy) is 1. The number of pyridine rings is 1. The number of nitro benzene ring substituents is 1. The lowest BCUT2D eigenvalue weighted by molar-refractivity contribution is -0.384. The molecule has 8 nitrogen and oxygen atoms in total. The lowest BCUT2D eigenvalue weighted by atomic mass is 10.1. The molecule has 1 heterocycles. The van der Waals surface area contributed by atoms with Crippen LogP contribution in [-0.4, -0.2) is 21.0 Å². The van der Waals surface area contributed by atoms with Crippen molar-refractivity contribution in [2.45, 2.75) is 26.2 Å². The van der Waals surface area contributed by atoms with Gasteiger partial charge in [-0.2, -0.15) is 0 Å². The van der Waals surface area contributed by atoms with Crippen LogP contribution in [0.4, 0.5) is 11.4 Å². The maximum absolute atomic E-state index is 11.4. The summed E-state index contributed by atoms with van der Waals surface area (Å²) in [6.07, 6.45) is 3.46. The van der Waals surface area contributed by atoms with Gasteiger partial charge >= 0.3 is 5.97 Å². The molecular weight excluding hydrogens is 314 g/mol. The third-order valence-corrected chi connectivity index (χ3v) is 3.42. The second kappa shape index (κ2) is 7.40. The van der Waals surface area contributed by atoms with Crippen LogP contribution in [0.25, 0.3) is 0 Å². The van der Waals surface area contributed by atoms with Gasteiger partial charge in [-0.1, -0.05) is 13.3 Å². The maximum Gasteiger partial charge on any atom is 0.354 e. The Hall–Kier alpha value is -3.16. The number of carboxylic acid groups (broad SMARTS) is 1. The minimum Gasteiger partial charge on any atom is -0.477 e. The van der Waals surface area contributed by atoms with Gasteiger partial charge in [-0.15, -0.1) is 0 Å². The molecule has 0 radical (unpaired) electrons.